The van der Waals surface area contributed by atoms with Gasteiger partial charge < -0.3 is 5.32 Å². The van der Waals surface area contributed by atoms with Crippen LogP contribution in [-0.2, 0) is 0 Å². The quantitative estimate of drug-likeness (QED) is 0.750. The predicted octanol–water partition coefficient (Wildman–Crippen LogP) is 5.24. The first kappa shape index (κ1) is 13.6. The first-order valence-electron chi connectivity index (χ1n) is 4.98. The maximum atomic E-state index is 6.01. The summed E-state index contributed by atoms with van der Waals surface area (Å²) >= 11 is 14.8. The van der Waals surface area contributed by atoms with Crippen molar-refractivity contribution < 1.29 is 0 Å². The summed E-state index contributed by atoms with van der Waals surface area (Å²) in [5, 5.41) is 6.13. The third-order valence-electron chi connectivity index (χ3n) is 2.47. The molecule has 1 N–H and O–H groups in total. The molecule has 0 aliphatic rings. The molecule has 0 saturated heterocycles. The van der Waals surface area contributed by atoms with Gasteiger partial charge in [0.15, 0.2) is 0 Å². The van der Waals surface area contributed by atoms with E-state index < -0.39 is 0 Å². The van der Waals surface area contributed by atoms with E-state index in [2.05, 4.69) is 54.7 Å². The smallest absolute Gasteiger partial charge is 0.0680 e. The molecule has 1 unspecified atom stereocenters. The van der Waals surface area contributed by atoms with Gasteiger partial charge in [0.25, 0.3) is 0 Å². The van der Waals surface area contributed by atoms with Gasteiger partial charge in [0.2, 0.25) is 0 Å². The maximum Gasteiger partial charge on any atom is 0.0680 e. The predicted molar refractivity (Wildman–Crippen MR) is 82.1 cm³/mol. The van der Waals surface area contributed by atoms with Gasteiger partial charge in [-0.1, -0.05) is 17.7 Å². The lowest BCUT2D eigenvalue weighted by atomic mass is 10.1. The summed E-state index contributed by atoms with van der Waals surface area (Å²) in [6.45, 7) is 0. The van der Waals surface area contributed by atoms with E-state index in [1.165, 1.54) is 10.4 Å². The van der Waals surface area contributed by atoms with Crippen molar-refractivity contribution in [2.45, 2.75) is 6.04 Å². The second-order valence-corrected chi connectivity index (χ2v) is 6.59. The van der Waals surface area contributed by atoms with Gasteiger partial charge in [0.1, 0.15) is 0 Å². The summed E-state index contributed by atoms with van der Waals surface area (Å²) in [4.78, 5) is 1.27. The SMILES string of the molecule is CNC(c1ccc(Cl)c(Br)c1)c1sccc1Br. The molecule has 2 rings (SSSR count). The first-order chi connectivity index (χ1) is 8.13. The first-order valence-corrected chi connectivity index (χ1v) is 7.83. The van der Waals surface area contributed by atoms with Crippen LogP contribution in [0, 0.1) is 0 Å². The van der Waals surface area contributed by atoms with Crippen molar-refractivity contribution in [3.05, 3.63) is 54.1 Å². The Kier molecular flexibility index (Phi) is 4.66. The molecule has 0 fully saturated rings. The molecule has 0 bridgehead atoms. The van der Waals surface area contributed by atoms with E-state index in [1.807, 2.05) is 19.2 Å². The molecule has 5 heteroatoms. The fraction of sp³-hybridized carbons (Fsp3) is 0.167. The molecule has 0 amide bonds. The number of hydrogen-bond donors (Lipinski definition) is 1. The molecule has 1 nitrogen and oxygen atoms in total. The Labute approximate surface area is 126 Å². The summed E-state index contributed by atoms with van der Waals surface area (Å²) in [5.41, 5.74) is 1.19. The van der Waals surface area contributed by atoms with Crippen LogP contribution in [0.15, 0.2) is 38.6 Å². The minimum absolute atomic E-state index is 0.179. The number of halogens is 3. The Bertz CT molecular complexity index is 527. The van der Waals surface area contributed by atoms with Crippen molar-refractivity contribution in [2.24, 2.45) is 0 Å². The number of thiophene rings is 1. The Balaban J connectivity index is 2.42. The third-order valence-corrected chi connectivity index (χ3v) is 5.62. The Hall–Kier alpha value is 0.130. The minimum atomic E-state index is 0.179. The van der Waals surface area contributed by atoms with Crippen LogP contribution in [0.4, 0.5) is 0 Å². The van der Waals surface area contributed by atoms with Crippen LogP contribution in [0.3, 0.4) is 0 Å². The highest BCUT2D eigenvalue weighted by Crippen LogP contribution is 2.35. The molecule has 17 heavy (non-hydrogen) atoms. The largest absolute Gasteiger partial charge is 0.309 e. The lowest BCUT2D eigenvalue weighted by Crippen LogP contribution is -2.16. The Morgan fingerprint density at radius 3 is 2.53 bits per heavy atom. The second-order valence-electron chi connectivity index (χ2n) is 3.53. The van der Waals surface area contributed by atoms with E-state index in [4.69, 9.17) is 11.6 Å². The van der Waals surface area contributed by atoms with Crippen LogP contribution in [-0.4, -0.2) is 7.05 Å². The number of nitrogens with one attached hydrogen (secondary N) is 1. The molecule has 0 radical (unpaired) electrons. The van der Waals surface area contributed by atoms with Gasteiger partial charge >= 0.3 is 0 Å². The van der Waals surface area contributed by atoms with Crippen LogP contribution < -0.4 is 5.32 Å². The topological polar surface area (TPSA) is 12.0 Å². The molecule has 2 aromatic rings. The molecule has 1 aromatic carbocycles. The van der Waals surface area contributed by atoms with E-state index in [-0.39, 0.29) is 6.04 Å². The average molecular weight is 396 g/mol. The Morgan fingerprint density at radius 1 is 1.24 bits per heavy atom. The summed E-state index contributed by atoms with van der Waals surface area (Å²) in [5.74, 6) is 0. The van der Waals surface area contributed by atoms with E-state index in [1.54, 1.807) is 11.3 Å². The lowest BCUT2D eigenvalue weighted by molar-refractivity contribution is 0.701. The van der Waals surface area contributed by atoms with Crippen LogP contribution in [0.2, 0.25) is 5.02 Å². The molecule has 0 saturated carbocycles. The standard InChI is InChI=1S/C12H10Br2ClNS/c1-16-11(12-8(13)4-5-17-12)7-2-3-10(15)9(14)6-7/h2-6,11,16H,1H3. The van der Waals surface area contributed by atoms with Crippen LogP contribution in [0.1, 0.15) is 16.5 Å². The monoisotopic (exact) mass is 393 g/mol. The maximum absolute atomic E-state index is 6.01. The van der Waals surface area contributed by atoms with Crippen molar-refractivity contribution in [3.8, 4) is 0 Å². The highest BCUT2D eigenvalue weighted by atomic mass is 79.9. The van der Waals surface area contributed by atoms with Crippen LogP contribution in [0.5, 0.6) is 0 Å². The molecule has 1 aromatic heterocycles. The number of benzene rings is 1. The third kappa shape index (κ3) is 2.93. The molecular formula is C12H10Br2ClNS. The van der Waals surface area contributed by atoms with Gasteiger partial charge in [0, 0.05) is 13.8 Å². The number of rotatable bonds is 3. The molecule has 0 aliphatic carbocycles. The molecule has 90 valence electrons. The number of hydrogen-bond acceptors (Lipinski definition) is 2. The van der Waals surface area contributed by atoms with Gasteiger partial charge in [-0.25, -0.2) is 0 Å². The zero-order chi connectivity index (χ0) is 12.4. The second kappa shape index (κ2) is 5.85. The van der Waals surface area contributed by atoms with E-state index >= 15 is 0 Å². The van der Waals surface area contributed by atoms with Crippen LogP contribution in [0.25, 0.3) is 0 Å². The highest BCUT2D eigenvalue weighted by molar-refractivity contribution is 9.10. The lowest BCUT2D eigenvalue weighted by Gasteiger charge is -2.16. The average Bonchev–Trinajstić information content (AvgIpc) is 2.71. The van der Waals surface area contributed by atoms with E-state index in [0.29, 0.717) is 0 Å². The van der Waals surface area contributed by atoms with E-state index in [9.17, 15) is 0 Å². The van der Waals surface area contributed by atoms with Gasteiger partial charge in [0.05, 0.1) is 11.1 Å². The minimum Gasteiger partial charge on any atom is -0.309 e. The summed E-state index contributed by atoms with van der Waals surface area (Å²) in [7, 11) is 1.96. The molecule has 0 aliphatic heterocycles. The van der Waals surface area contributed by atoms with Crippen molar-refractivity contribution in [1.29, 1.82) is 0 Å². The summed E-state index contributed by atoms with van der Waals surface area (Å²) in [6.07, 6.45) is 0. The van der Waals surface area contributed by atoms with Crippen molar-refractivity contribution >= 4 is 54.8 Å². The molecule has 1 heterocycles. The highest BCUT2D eigenvalue weighted by Gasteiger charge is 2.16. The normalized spacial score (nSPS) is 12.7. The van der Waals surface area contributed by atoms with Gasteiger partial charge in [-0.2, -0.15) is 0 Å². The summed E-state index contributed by atoms with van der Waals surface area (Å²) in [6, 6.07) is 8.25. The van der Waals surface area contributed by atoms with Gasteiger partial charge in [-0.05, 0) is 68.1 Å². The Morgan fingerprint density at radius 2 is 2.00 bits per heavy atom. The molecule has 0 spiro atoms. The van der Waals surface area contributed by atoms with Crippen molar-refractivity contribution in [2.75, 3.05) is 7.05 Å². The fourth-order valence-electron chi connectivity index (χ4n) is 1.65. The summed E-state index contributed by atoms with van der Waals surface area (Å²) < 4.78 is 2.05. The molecular weight excluding hydrogens is 385 g/mol. The zero-order valence-electron chi connectivity index (χ0n) is 9.01. The van der Waals surface area contributed by atoms with E-state index in [0.717, 1.165) is 14.0 Å². The molecule has 1 atom stereocenters. The van der Waals surface area contributed by atoms with Crippen molar-refractivity contribution in [1.82, 2.24) is 5.32 Å². The van der Waals surface area contributed by atoms with Crippen molar-refractivity contribution in [3.63, 3.8) is 0 Å². The zero-order valence-corrected chi connectivity index (χ0v) is 13.8. The van der Waals surface area contributed by atoms with Gasteiger partial charge in [-0.3, -0.25) is 0 Å². The van der Waals surface area contributed by atoms with Crippen LogP contribution >= 0.6 is 54.8 Å². The van der Waals surface area contributed by atoms with Gasteiger partial charge in [-0.15, -0.1) is 11.3 Å². The fourth-order valence-corrected chi connectivity index (χ4v) is 3.90.